The van der Waals surface area contributed by atoms with Crippen molar-refractivity contribution in [3.05, 3.63) is 48.0 Å². The number of piperazine rings is 1. The van der Waals surface area contributed by atoms with Crippen LogP contribution in [0.15, 0.2) is 42.5 Å². The summed E-state index contributed by atoms with van der Waals surface area (Å²) in [4.78, 5) is 29.1. The summed E-state index contributed by atoms with van der Waals surface area (Å²) in [6.07, 6.45) is 0. The number of likely N-dealkylation sites (N-methyl/N-ethyl adjacent to an activating group) is 1. The summed E-state index contributed by atoms with van der Waals surface area (Å²) in [7, 11) is 1.26. The van der Waals surface area contributed by atoms with Gasteiger partial charge in [0.05, 0.1) is 12.7 Å². The maximum absolute atomic E-state index is 12.4. The number of alkyl halides is 2. The van der Waals surface area contributed by atoms with Crippen LogP contribution in [0, 0.1) is 0 Å². The number of benzene rings is 2. The van der Waals surface area contributed by atoms with Gasteiger partial charge in [0.1, 0.15) is 0 Å². The Balaban J connectivity index is 1.49. The average Bonchev–Trinajstić information content (AvgIpc) is 2.83. The molecule has 0 aliphatic carbocycles. The van der Waals surface area contributed by atoms with E-state index < -0.39 is 25.1 Å². The predicted octanol–water partition coefficient (Wildman–Crippen LogP) is 3.23. The molecule has 1 aliphatic rings. The van der Waals surface area contributed by atoms with E-state index in [1.54, 1.807) is 12.1 Å². The number of carbonyl (C=O) groups excluding carboxylic acids is 2. The molecule has 0 aromatic heterocycles. The minimum absolute atomic E-state index is 0.0359. The van der Waals surface area contributed by atoms with Crippen LogP contribution in [0.4, 0.5) is 20.2 Å². The van der Waals surface area contributed by atoms with E-state index in [0.717, 1.165) is 38.4 Å². The lowest BCUT2D eigenvalue weighted by atomic mass is 10.2. The number of hydrogen-bond donors (Lipinski definition) is 1. The van der Waals surface area contributed by atoms with Gasteiger partial charge in [-0.15, -0.1) is 0 Å². The van der Waals surface area contributed by atoms with Gasteiger partial charge in [-0.3, -0.25) is 4.79 Å². The molecular weight excluding hydrogens is 436 g/mol. The number of hydrogen-bond acceptors (Lipinski definition) is 7. The van der Waals surface area contributed by atoms with E-state index in [4.69, 9.17) is 9.47 Å². The molecular formula is C23H27F2N3O5. The third-order valence-electron chi connectivity index (χ3n) is 5.29. The number of nitrogens with zero attached hydrogens (tertiary/aromatic N) is 2. The standard InChI is InChI=1S/C23H27F2N3O5/c1-3-27-10-12-28(13-11-27)18-7-5-17(6-8-18)26-21(29)15-32-22(30)16-4-9-19(33-23(24)25)20(14-16)31-2/h4-9,14,23H,3,10-13,15H2,1-2H3,(H,26,29). The second-order valence-electron chi connectivity index (χ2n) is 7.34. The van der Waals surface area contributed by atoms with Crippen molar-refractivity contribution in [1.29, 1.82) is 0 Å². The molecule has 8 nitrogen and oxygen atoms in total. The number of anilines is 2. The summed E-state index contributed by atoms with van der Waals surface area (Å²) in [5.74, 6) is -1.56. The van der Waals surface area contributed by atoms with Crippen LogP contribution in [0.3, 0.4) is 0 Å². The summed E-state index contributed by atoms with van der Waals surface area (Å²) in [5.41, 5.74) is 1.71. The second kappa shape index (κ2) is 11.5. The van der Waals surface area contributed by atoms with Crippen LogP contribution in [0.25, 0.3) is 0 Å². The number of methoxy groups -OCH3 is 1. The Morgan fingerprint density at radius 1 is 1.03 bits per heavy atom. The van der Waals surface area contributed by atoms with Crippen molar-refractivity contribution in [2.75, 3.05) is 56.7 Å². The quantitative estimate of drug-likeness (QED) is 0.572. The van der Waals surface area contributed by atoms with Gasteiger partial charge in [-0.1, -0.05) is 6.92 Å². The van der Waals surface area contributed by atoms with E-state index in [9.17, 15) is 18.4 Å². The number of esters is 1. The molecule has 0 radical (unpaired) electrons. The number of ether oxygens (including phenoxy) is 3. The SMILES string of the molecule is CCN1CCN(c2ccc(NC(=O)COC(=O)c3ccc(OC(F)F)c(OC)c3)cc2)CC1. The van der Waals surface area contributed by atoms with Crippen LogP contribution in [-0.4, -0.2) is 69.8 Å². The first-order valence-corrected chi connectivity index (χ1v) is 10.6. The van der Waals surface area contributed by atoms with Gasteiger partial charge in [0.2, 0.25) is 0 Å². The Morgan fingerprint density at radius 3 is 2.33 bits per heavy atom. The summed E-state index contributed by atoms with van der Waals surface area (Å²) in [6, 6.07) is 11.1. The van der Waals surface area contributed by atoms with Gasteiger partial charge in [-0.2, -0.15) is 8.78 Å². The fourth-order valence-electron chi connectivity index (χ4n) is 3.48. The Bertz CT molecular complexity index is 948. The van der Waals surface area contributed by atoms with Gasteiger partial charge >= 0.3 is 12.6 Å². The number of rotatable bonds is 9. The number of halogens is 2. The molecule has 0 bridgehead atoms. The molecule has 0 unspecified atom stereocenters. The number of amides is 1. The van der Waals surface area contributed by atoms with E-state index in [-0.39, 0.29) is 17.1 Å². The predicted molar refractivity (Wildman–Crippen MR) is 119 cm³/mol. The van der Waals surface area contributed by atoms with Gasteiger partial charge in [-0.25, -0.2) is 4.79 Å². The van der Waals surface area contributed by atoms with E-state index in [1.165, 1.54) is 25.3 Å². The minimum Gasteiger partial charge on any atom is -0.493 e. The zero-order chi connectivity index (χ0) is 23.8. The fraction of sp³-hybridized carbons (Fsp3) is 0.391. The lowest BCUT2D eigenvalue weighted by Crippen LogP contribution is -2.46. The first-order valence-electron chi connectivity index (χ1n) is 10.6. The molecule has 2 aromatic carbocycles. The van der Waals surface area contributed by atoms with E-state index in [2.05, 4.69) is 26.8 Å². The average molecular weight is 463 g/mol. The van der Waals surface area contributed by atoms with Crippen LogP contribution in [0.5, 0.6) is 11.5 Å². The smallest absolute Gasteiger partial charge is 0.387 e. The molecule has 2 aromatic rings. The van der Waals surface area contributed by atoms with Crippen molar-refractivity contribution in [3.63, 3.8) is 0 Å². The molecule has 1 saturated heterocycles. The first kappa shape index (κ1) is 24.2. The van der Waals surface area contributed by atoms with E-state index in [0.29, 0.717) is 5.69 Å². The number of carbonyl (C=O) groups is 2. The van der Waals surface area contributed by atoms with Gasteiger partial charge < -0.3 is 29.3 Å². The lowest BCUT2D eigenvalue weighted by molar-refractivity contribution is -0.119. The zero-order valence-electron chi connectivity index (χ0n) is 18.6. The molecule has 178 valence electrons. The van der Waals surface area contributed by atoms with E-state index in [1.807, 2.05) is 12.1 Å². The minimum atomic E-state index is -3.03. The van der Waals surface area contributed by atoms with Crippen LogP contribution < -0.4 is 19.7 Å². The molecule has 1 heterocycles. The summed E-state index contributed by atoms with van der Waals surface area (Å²) in [6.45, 7) is 3.63. The van der Waals surface area contributed by atoms with Crippen molar-refractivity contribution >= 4 is 23.3 Å². The molecule has 0 saturated carbocycles. The largest absolute Gasteiger partial charge is 0.493 e. The number of nitrogens with one attached hydrogen (secondary N) is 1. The van der Waals surface area contributed by atoms with Crippen molar-refractivity contribution in [2.45, 2.75) is 13.5 Å². The molecule has 0 atom stereocenters. The molecule has 3 rings (SSSR count). The summed E-state index contributed by atoms with van der Waals surface area (Å²) < 4.78 is 39.1. The zero-order valence-corrected chi connectivity index (χ0v) is 18.6. The van der Waals surface area contributed by atoms with Crippen molar-refractivity contribution < 1.29 is 32.6 Å². The lowest BCUT2D eigenvalue weighted by Gasteiger charge is -2.35. The van der Waals surface area contributed by atoms with Gasteiger partial charge in [0, 0.05) is 37.6 Å². The molecule has 10 heteroatoms. The molecule has 1 N–H and O–H groups in total. The Labute approximate surface area is 191 Å². The Morgan fingerprint density at radius 2 is 1.73 bits per heavy atom. The Kier molecular flexibility index (Phi) is 8.42. The monoisotopic (exact) mass is 463 g/mol. The van der Waals surface area contributed by atoms with E-state index >= 15 is 0 Å². The highest BCUT2D eigenvalue weighted by Crippen LogP contribution is 2.29. The summed E-state index contributed by atoms with van der Waals surface area (Å²) in [5, 5.41) is 2.68. The summed E-state index contributed by atoms with van der Waals surface area (Å²) >= 11 is 0. The molecule has 1 aliphatic heterocycles. The van der Waals surface area contributed by atoms with Crippen LogP contribution in [0.2, 0.25) is 0 Å². The van der Waals surface area contributed by atoms with Crippen LogP contribution >= 0.6 is 0 Å². The Hall–Kier alpha value is -3.40. The first-order chi connectivity index (χ1) is 15.9. The second-order valence-corrected chi connectivity index (χ2v) is 7.34. The highest BCUT2D eigenvalue weighted by molar-refractivity contribution is 5.95. The fourth-order valence-corrected chi connectivity index (χ4v) is 3.48. The van der Waals surface area contributed by atoms with Crippen molar-refractivity contribution in [1.82, 2.24) is 4.90 Å². The maximum Gasteiger partial charge on any atom is 0.387 e. The molecule has 33 heavy (non-hydrogen) atoms. The third-order valence-corrected chi connectivity index (χ3v) is 5.29. The maximum atomic E-state index is 12.4. The highest BCUT2D eigenvalue weighted by atomic mass is 19.3. The van der Waals surface area contributed by atoms with Gasteiger partial charge in [-0.05, 0) is 49.0 Å². The van der Waals surface area contributed by atoms with Gasteiger partial charge in [0.25, 0.3) is 5.91 Å². The molecule has 1 amide bonds. The molecule has 0 spiro atoms. The topological polar surface area (TPSA) is 80.3 Å². The van der Waals surface area contributed by atoms with Crippen LogP contribution in [-0.2, 0) is 9.53 Å². The third kappa shape index (κ3) is 6.79. The normalized spacial score (nSPS) is 14.2. The van der Waals surface area contributed by atoms with Crippen molar-refractivity contribution in [2.24, 2.45) is 0 Å². The molecule has 1 fully saturated rings. The van der Waals surface area contributed by atoms with Gasteiger partial charge in [0.15, 0.2) is 18.1 Å². The van der Waals surface area contributed by atoms with Crippen molar-refractivity contribution in [3.8, 4) is 11.5 Å². The highest BCUT2D eigenvalue weighted by Gasteiger charge is 2.17. The van der Waals surface area contributed by atoms with Crippen LogP contribution in [0.1, 0.15) is 17.3 Å².